The summed E-state index contributed by atoms with van der Waals surface area (Å²) in [5.41, 5.74) is 5.10. The van der Waals surface area contributed by atoms with Gasteiger partial charge in [-0.15, -0.1) is 0 Å². The van der Waals surface area contributed by atoms with Gasteiger partial charge < -0.3 is 9.47 Å². The maximum Gasteiger partial charge on any atom is 0.253 e. The Morgan fingerprint density at radius 2 is 1.70 bits per heavy atom. The topological polar surface area (TPSA) is 51.7 Å². The van der Waals surface area contributed by atoms with Gasteiger partial charge >= 0.3 is 0 Å². The molecule has 33 heavy (non-hydrogen) atoms. The smallest absolute Gasteiger partial charge is 0.253 e. The first-order valence-electron chi connectivity index (χ1n) is 10.6. The van der Waals surface area contributed by atoms with Crippen LogP contribution in [0.5, 0.6) is 11.5 Å². The quantitative estimate of drug-likeness (QED) is 0.311. The molecular formula is C27H26N2O3S. The van der Waals surface area contributed by atoms with E-state index in [9.17, 15) is 4.79 Å². The molecule has 0 saturated carbocycles. The first-order valence-corrected chi connectivity index (χ1v) is 11.4. The van der Waals surface area contributed by atoms with Gasteiger partial charge in [0.1, 0.15) is 0 Å². The molecule has 0 bridgehead atoms. The standard InChI is InChI=1S/C27H26N2O3S/c1-18-10-11-19(2)26-25(18)28-27(33-26)29(17-21-8-6-5-7-9-21)24(30)15-13-20-12-14-22(31-3)23(16-20)32-4/h5-16H,17H2,1-4H3/b15-13+. The lowest BCUT2D eigenvalue weighted by Gasteiger charge is -2.18. The molecule has 168 valence electrons. The predicted molar refractivity (Wildman–Crippen MR) is 135 cm³/mol. The van der Waals surface area contributed by atoms with E-state index in [1.54, 1.807) is 42.6 Å². The Labute approximate surface area is 197 Å². The molecule has 4 rings (SSSR count). The van der Waals surface area contributed by atoms with Gasteiger partial charge in [0.05, 0.1) is 31.0 Å². The Kier molecular flexibility index (Phi) is 6.75. The Morgan fingerprint density at radius 3 is 2.39 bits per heavy atom. The number of aryl methyl sites for hydroxylation is 2. The van der Waals surface area contributed by atoms with Crippen molar-refractivity contribution in [2.24, 2.45) is 0 Å². The molecule has 6 heteroatoms. The van der Waals surface area contributed by atoms with Crippen molar-refractivity contribution in [3.05, 3.63) is 89.0 Å². The lowest BCUT2D eigenvalue weighted by Crippen LogP contribution is -2.28. The number of nitrogens with zero attached hydrogens (tertiary/aromatic N) is 2. The van der Waals surface area contributed by atoms with Gasteiger partial charge in [0.2, 0.25) is 0 Å². The second kappa shape index (κ2) is 9.88. The Bertz CT molecular complexity index is 1270. The van der Waals surface area contributed by atoms with Gasteiger partial charge in [-0.3, -0.25) is 9.69 Å². The molecule has 0 saturated heterocycles. The predicted octanol–water partition coefficient (Wildman–Crippen LogP) is 6.18. The highest BCUT2D eigenvalue weighted by Crippen LogP contribution is 2.34. The van der Waals surface area contributed by atoms with Crippen LogP contribution in [0, 0.1) is 13.8 Å². The molecule has 0 radical (unpaired) electrons. The summed E-state index contributed by atoms with van der Waals surface area (Å²) >= 11 is 1.55. The minimum atomic E-state index is -0.136. The number of methoxy groups -OCH3 is 2. The van der Waals surface area contributed by atoms with E-state index in [-0.39, 0.29) is 5.91 Å². The van der Waals surface area contributed by atoms with Crippen molar-refractivity contribution in [2.45, 2.75) is 20.4 Å². The van der Waals surface area contributed by atoms with E-state index in [4.69, 9.17) is 14.5 Å². The highest BCUT2D eigenvalue weighted by Gasteiger charge is 2.20. The zero-order valence-electron chi connectivity index (χ0n) is 19.2. The maximum absolute atomic E-state index is 13.4. The fourth-order valence-electron chi connectivity index (χ4n) is 3.58. The van der Waals surface area contributed by atoms with E-state index in [1.807, 2.05) is 55.5 Å². The SMILES string of the molecule is COc1ccc(/C=C/C(=O)N(Cc2ccccc2)c2nc3c(C)ccc(C)c3s2)cc1OC. The molecule has 0 atom stereocenters. The number of ether oxygens (including phenoxy) is 2. The molecule has 3 aromatic carbocycles. The highest BCUT2D eigenvalue weighted by molar-refractivity contribution is 7.22. The zero-order valence-corrected chi connectivity index (χ0v) is 20.0. The number of carbonyl (C=O) groups is 1. The second-order valence-corrected chi connectivity index (χ2v) is 8.71. The molecule has 4 aromatic rings. The van der Waals surface area contributed by atoms with E-state index in [2.05, 4.69) is 19.1 Å². The average Bonchev–Trinajstić information content (AvgIpc) is 3.30. The Hall–Kier alpha value is -3.64. The molecule has 1 heterocycles. The van der Waals surface area contributed by atoms with Gasteiger partial charge in [0, 0.05) is 6.08 Å². The summed E-state index contributed by atoms with van der Waals surface area (Å²) in [5, 5.41) is 0.688. The average molecular weight is 459 g/mol. The summed E-state index contributed by atoms with van der Waals surface area (Å²) in [4.78, 5) is 20.0. The number of carbonyl (C=O) groups excluding carboxylic acids is 1. The number of hydrogen-bond acceptors (Lipinski definition) is 5. The Morgan fingerprint density at radius 1 is 0.970 bits per heavy atom. The minimum absolute atomic E-state index is 0.136. The van der Waals surface area contributed by atoms with Crippen molar-refractivity contribution >= 4 is 38.7 Å². The number of hydrogen-bond donors (Lipinski definition) is 0. The van der Waals surface area contributed by atoms with Crippen LogP contribution in [0.15, 0.2) is 66.7 Å². The summed E-state index contributed by atoms with van der Waals surface area (Å²) < 4.78 is 11.8. The van der Waals surface area contributed by atoms with E-state index in [1.165, 1.54) is 0 Å². The van der Waals surface area contributed by atoms with Crippen molar-refractivity contribution in [3.8, 4) is 11.5 Å². The highest BCUT2D eigenvalue weighted by atomic mass is 32.1. The van der Waals surface area contributed by atoms with Crippen molar-refractivity contribution in [3.63, 3.8) is 0 Å². The number of fused-ring (bicyclic) bond motifs is 1. The van der Waals surface area contributed by atoms with E-state index < -0.39 is 0 Å². The van der Waals surface area contributed by atoms with E-state index in [0.29, 0.717) is 23.2 Å². The van der Waals surface area contributed by atoms with Crippen LogP contribution in [0.1, 0.15) is 22.3 Å². The molecule has 0 fully saturated rings. The van der Waals surface area contributed by atoms with E-state index >= 15 is 0 Å². The molecular weight excluding hydrogens is 432 g/mol. The fraction of sp³-hybridized carbons (Fsp3) is 0.185. The van der Waals surface area contributed by atoms with Gasteiger partial charge in [-0.25, -0.2) is 4.98 Å². The fourth-order valence-corrected chi connectivity index (χ4v) is 4.70. The largest absolute Gasteiger partial charge is 0.493 e. The summed E-state index contributed by atoms with van der Waals surface area (Å²) in [5.74, 6) is 1.13. The number of benzene rings is 3. The third-order valence-corrected chi connectivity index (χ3v) is 6.65. The lowest BCUT2D eigenvalue weighted by molar-refractivity contribution is -0.114. The third-order valence-electron chi connectivity index (χ3n) is 5.44. The lowest BCUT2D eigenvalue weighted by atomic mass is 10.1. The van der Waals surface area contributed by atoms with Crippen molar-refractivity contribution < 1.29 is 14.3 Å². The van der Waals surface area contributed by atoms with Gasteiger partial charge in [0.25, 0.3) is 5.91 Å². The van der Waals surface area contributed by atoms with Crippen LogP contribution in [0.4, 0.5) is 5.13 Å². The van der Waals surface area contributed by atoms with Crippen LogP contribution >= 0.6 is 11.3 Å². The first-order chi connectivity index (χ1) is 16.0. The maximum atomic E-state index is 13.4. The van der Waals surface area contributed by atoms with Crippen LogP contribution in [-0.4, -0.2) is 25.1 Å². The van der Waals surface area contributed by atoms with Gasteiger partial charge in [0.15, 0.2) is 16.6 Å². The second-order valence-electron chi connectivity index (χ2n) is 7.73. The molecule has 0 spiro atoms. The van der Waals surface area contributed by atoms with Crippen molar-refractivity contribution in [1.29, 1.82) is 0 Å². The Balaban J connectivity index is 1.69. The monoisotopic (exact) mass is 458 g/mol. The van der Waals surface area contributed by atoms with Crippen molar-refractivity contribution in [1.82, 2.24) is 4.98 Å². The number of rotatable bonds is 7. The van der Waals surface area contributed by atoms with E-state index in [0.717, 1.165) is 32.5 Å². The van der Waals surface area contributed by atoms with Crippen LogP contribution in [0.2, 0.25) is 0 Å². The number of aromatic nitrogens is 1. The summed E-state index contributed by atoms with van der Waals surface area (Å²) in [6, 6.07) is 19.7. The molecule has 0 N–H and O–H groups in total. The van der Waals surface area contributed by atoms with Gasteiger partial charge in [-0.1, -0.05) is 59.9 Å². The molecule has 0 aliphatic heterocycles. The number of thiazole rings is 1. The third kappa shape index (κ3) is 4.91. The normalized spacial score (nSPS) is 11.2. The molecule has 1 aromatic heterocycles. The molecule has 0 aliphatic rings. The molecule has 0 aliphatic carbocycles. The summed E-state index contributed by atoms with van der Waals surface area (Å²) in [7, 11) is 3.19. The van der Waals surface area contributed by atoms with Gasteiger partial charge in [-0.05, 0) is 54.3 Å². The number of anilines is 1. The molecule has 5 nitrogen and oxygen atoms in total. The van der Waals surface area contributed by atoms with Crippen LogP contribution in [0.3, 0.4) is 0 Å². The number of amides is 1. The summed E-state index contributed by atoms with van der Waals surface area (Å²) in [6.45, 7) is 4.56. The van der Waals surface area contributed by atoms with Crippen molar-refractivity contribution in [2.75, 3.05) is 19.1 Å². The van der Waals surface area contributed by atoms with Crippen LogP contribution < -0.4 is 14.4 Å². The van der Waals surface area contributed by atoms with Crippen LogP contribution in [0.25, 0.3) is 16.3 Å². The van der Waals surface area contributed by atoms with Crippen LogP contribution in [-0.2, 0) is 11.3 Å². The first kappa shape index (κ1) is 22.6. The molecule has 1 amide bonds. The zero-order chi connectivity index (χ0) is 23.4. The van der Waals surface area contributed by atoms with Gasteiger partial charge in [-0.2, -0.15) is 0 Å². The summed E-state index contributed by atoms with van der Waals surface area (Å²) in [6.07, 6.45) is 3.36. The minimum Gasteiger partial charge on any atom is -0.493 e. The molecule has 0 unspecified atom stereocenters.